The van der Waals surface area contributed by atoms with Crippen LogP contribution in [0.2, 0.25) is 0 Å². The quantitative estimate of drug-likeness (QED) is 0.483. The fraction of sp³-hybridized carbons (Fsp3) is 0.519. The first-order valence-electron chi connectivity index (χ1n) is 12.3. The molecular weight excluding hydrogens is 471 g/mol. The van der Waals surface area contributed by atoms with E-state index in [4.69, 9.17) is 9.47 Å². The summed E-state index contributed by atoms with van der Waals surface area (Å²) in [6.07, 6.45) is -3.16. The summed E-state index contributed by atoms with van der Waals surface area (Å²) >= 11 is 0. The maximum atomic E-state index is 13.8. The van der Waals surface area contributed by atoms with E-state index in [1.54, 1.807) is 4.90 Å². The molecule has 0 unspecified atom stereocenters. The van der Waals surface area contributed by atoms with E-state index in [2.05, 4.69) is 24.1 Å². The van der Waals surface area contributed by atoms with Gasteiger partial charge in [0.15, 0.2) is 0 Å². The minimum atomic E-state index is -4.56. The molecule has 2 aromatic carbocycles. The Labute approximate surface area is 211 Å². The largest absolute Gasteiger partial charge is 0.497 e. The van der Waals surface area contributed by atoms with Gasteiger partial charge in [0, 0.05) is 19.1 Å². The maximum absolute atomic E-state index is 13.8. The van der Waals surface area contributed by atoms with E-state index in [9.17, 15) is 18.0 Å². The van der Waals surface area contributed by atoms with Gasteiger partial charge >= 0.3 is 12.2 Å². The van der Waals surface area contributed by atoms with Crippen LogP contribution in [0.5, 0.6) is 11.5 Å². The summed E-state index contributed by atoms with van der Waals surface area (Å²) in [5.74, 6) is 1.30. The molecule has 9 heteroatoms. The molecule has 0 spiro atoms. The van der Waals surface area contributed by atoms with Crippen LogP contribution in [0, 0.1) is 5.92 Å². The van der Waals surface area contributed by atoms with Crippen LogP contribution in [0.1, 0.15) is 43.4 Å². The van der Waals surface area contributed by atoms with Gasteiger partial charge in [-0.1, -0.05) is 32.0 Å². The van der Waals surface area contributed by atoms with Crippen molar-refractivity contribution in [2.24, 2.45) is 5.92 Å². The molecule has 0 aliphatic carbocycles. The number of hydrogen-bond donors (Lipinski definition) is 1. The molecule has 0 radical (unpaired) electrons. The van der Waals surface area contributed by atoms with E-state index in [1.807, 2.05) is 31.3 Å². The standard InChI is InChI=1S/C27H36F3N3O3/c1-19(2)18-36-23-8-5-20(6-9-23)16-31-26(34)33(22-11-13-32(3)14-12-22)17-21-7-10-24(35-4)15-25(21)27(28,29)30/h5-10,15,19,22H,11-14,16-18H2,1-4H3,(H,31,34). The number of nitrogens with one attached hydrogen (secondary N) is 1. The molecule has 1 fully saturated rings. The number of urea groups is 1. The number of likely N-dealkylation sites (tertiary alicyclic amines) is 1. The van der Waals surface area contributed by atoms with Gasteiger partial charge in [-0.2, -0.15) is 13.2 Å². The van der Waals surface area contributed by atoms with Crippen molar-refractivity contribution in [3.05, 3.63) is 59.2 Å². The number of hydrogen-bond acceptors (Lipinski definition) is 4. The number of halogens is 3. The molecule has 1 N–H and O–H groups in total. The van der Waals surface area contributed by atoms with Gasteiger partial charge in [-0.25, -0.2) is 4.79 Å². The molecule has 1 aliphatic heterocycles. The van der Waals surface area contributed by atoms with Crippen LogP contribution in [-0.4, -0.2) is 55.7 Å². The lowest BCUT2D eigenvalue weighted by atomic mass is 10.0. The molecule has 0 bridgehead atoms. The van der Waals surface area contributed by atoms with Crippen molar-refractivity contribution in [1.82, 2.24) is 15.1 Å². The Morgan fingerprint density at radius 3 is 2.33 bits per heavy atom. The van der Waals surface area contributed by atoms with E-state index in [-0.39, 0.29) is 36.5 Å². The van der Waals surface area contributed by atoms with Gasteiger partial charge in [0.25, 0.3) is 0 Å². The Morgan fingerprint density at radius 1 is 1.11 bits per heavy atom. The third-order valence-electron chi connectivity index (χ3n) is 6.30. The maximum Gasteiger partial charge on any atom is 0.416 e. The Kier molecular flexibility index (Phi) is 9.48. The van der Waals surface area contributed by atoms with E-state index < -0.39 is 11.7 Å². The number of ether oxygens (including phenoxy) is 2. The summed E-state index contributed by atoms with van der Waals surface area (Å²) in [5, 5.41) is 2.90. The van der Waals surface area contributed by atoms with E-state index in [1.165, 1.54) is 19.2 Å². The van der Waals surface area contributed by atoms with E-state index in [0.29, 0.717) is 25.4 Å². The second-order valence-corrected chi connectivity index (χ2v) is 9.69. The number of carbonyl (C=O) groups excluding carboxylic acids is 1. The highest BCUT2D eigenvalue weighted by Gasteiger charge is 2.36. The van der Waals surface area contributed by atoms with Crippen molar-refractivity contribution in [1.29, 1.82) is 0 Å². The minimum Gasteiger partial charge on any atom is -0.497 e. The van der Waals surface area contributed by atoms with E-state index >= 15 is 0 Å². The van der Waals surface area contributed by atoms with Gasteiger partial charge in [-0.05, 0) is 74.3 Å². The molecule has 1 saturated heterocycles. The number of piperidine rings is 1. The van der Waals surface area contributed by atoms with Gasteiger partial charge in [0.2, 0.25) is 0 Å². The molecule has 0 aromatic heterocycles. The topological polar surface area (TPSA) is 54.0 Å². The Hall–Kier alpha value is -2.94. The molecule has 2 aromatic rings. The summed E-state index contributed by atoms with van der Waals surface area (Å²) in [6.45, 7) is 6.45. The van der Waals surface area contributed by atoms with Crippen LogP contribution in [0.15, 0.2) is 42.5 Å². The number of benzene rings is 2. The summed E-state index contributed by atoms with van der Waals surface area (Å²) in [7, 11) is 3.33. The SMILES string of the molecule is COc1ccc(CN(C(=O)NCc2ccc(OCC(C)C)cc2)C2CCN(C)CC2)c(C(F)(F)F)c1. The van der Waals surface area contributed by atoms with Gasteiger partial charge in [-0.3, -0.25) is 0 Å². The molecule has 0 saturated carbocycles. The second kappa shape index (κ2) is 12.3. The minimum absolute atomic E-state index is 0.0454. The number of methoxy groups -OCH3 is 1. The fourth-order valence-corrected chi connectivity index (χ4v) is 4.19. The van der Waals surface area contributed by atoms with Crippen molar-refractivity contribution in [3.63, 3.8) is 0 Å². The van der Waals surface area contributed by atoms with Crippen molar-refractivity contribution in [3.8, 4) is 11.5 Å². The molecule has 36 heavy (non-hydrogen) atoms. The number of rotatable bonds is 9. The molecule has 1 heterocycles. The zero-order chi connectivity index (χ0) is 26.3. The van der Waals surface area contributed by atoms with Crippen LogP contribution < -0.4 is 14.8 Å². The number of alkyl halides is 3. The lowest BCUT2D eigenvalue weighted by Crippen LogP contribution is -2.49. The van der Waals surface area contributed by atoms with Crippen LogP contribution >= 0.6 is 0 Å². The monoisotopic (exact) mass is 507 g/mol. The van der Waals surface area contributed by atoms with Crippen molar-refractivity contribution >= 4 is 6.03 Å². The Balaban J connectivity index is 1.75. The third kappa shape index (κ3) is 7.78. The lowest BCUT2D eigenvalue weighted by molar-refractivity contribution is -0.138. The summed E-state index contributed by atoms with van der Waals surface area (Å²) in [5.41, 5.74) is 0.137. The smallest absolute Gasteiger partial charge is 0.416 e. The molecule has 1 aliphatic rings. The number of carbonyl (C=O) groups is 1. The highest BCUT2D eigenvalue weighted by molar-refractivity contribution is 5.74. The molecule has 6 nitrogen and oxygen atoms in total. The highest BCUT2D eigenvalue weighted by Crippen LogP contribution is 2.35. The van der Waals surface area contributed by atoms with Crippen molar-refractivity contribution < 1.29 is 27.4 Å². The van der Waals surface area contributed by atoms with Crippen LogP contribution in [-0.2, 0) is 19.3 Å². The van der Waals surface area contributed by atoms with Gasteiger partial charge in [0.1, 0.15) is 11.5 Å². The van der Waals surface area contributed by atoms with Gasteiger partial charge < -0.3 is 24.6 Å². The van der Waals surface area contributed by atoms with Gasteiger partial charge in [-0.15, -0.1) is 0 Å². The number of amides is 2. The zero-order valence-electron chi connectivity index (χ0n) is 21.4. The second-order valence-electron chi connectivity index (χ2n) is 9.69. The molecule has 3 rings (SSSR count). The Bertz CT molecular complexity index is 988. The van der Waals surface area contributed by atoms with Crippen LogP contribution in [0.4, 0.5) is 18.0 Å². The third-order valence-corrected chi connectivity index (χ3v) is 6.30. The summed E-state index contributed by atoms with van der Waals surface area (Å²) < 4.78 is 52.2. The first-order chi connectivity index (χ1) is 17.1. The predicted octanol–water partition coefficient (Wildman–Crippen LogP) is 5.55. The van der Waals surface area contributed by atoms with E-state index in [0.717, 1.165) is 30.5 Å². The molecule has 2 amide bonds. The van der Waals surface area contributed by atoms with Crippen molar-refractivity contribution in [2.45, 2.75) is 52.0 Å². The molecule has 198 valence electrons. The number of nitrogens with zero attached hydrogens (tertiary/aromatic N) is 2. The van der Waals surface area contributed by atoms with Crippen LogP contribution in [0.3, 0.4) is 0 Å². The average molecular weight is 508 g/mol. The van der Waals surface area contributed by atoms with Gasteiger partial charge in [0.05, 0.1) is 19.3 Å². The van der Waals surface area contributed by atoms with Crippen LogP contribution in [0.25, 0.3) is 0 Å². The predicted molar refractivity (Wildman–Crippen MR) is 133 cm³/mol. The summed E-state index contributed by atoms with van der Waals surface area (Å²) in [6, 6.07) is 10.8. The summed E-state index contributed by atoms with van der Waals surface area (Å²) in [4.78, 5) is 17.0. The Morgan fingerprint density at radius 2 is 1.75 bits per heavy atom. The van der Waals surface area contributed by atoms with Crippen molar-refractivity contribution in [2.75, 3.05) is 33.9 Å². The highest BCUT2D eigenvalue weighted by atomic mass is 19.4. The first kappa shape index (κ1) is 27.6. The average Bonchev–Trinajstić information content (AvgIpc) is 2.85. The first-order valence-corrected chi connectivity index (χ1v) is 12.3. The fourth-order valence-electron chi connectivity index (χ4n) is 4.19. The lowest BCUT2D eigenvalue weighted by Gasteiger charge is -2.37. The molecular formula is C27H36F3N3O3. The zero-order valence-corrected chi connectivity index (χ0v) is 21.4. The normalized spacial score (nSPS) is 15.1. The molecule has 0 atom stereocenters.